The molecule has 0 spiro atoms. The van der Waals surface area contributed by atoms with Crippen molar-refractivity contribution in [2.45, 2.75) is 57.7 Å². The number of aliphatic carboxylic acids is 1. The number of hydrogen-bond acceptors (Lipinski definition) is 3. The molecule has 104 valence electrons. The molecule has 6 nitrogen and oxygen atoms in total. The molecule has 1 aliphatic rings. The predicted molar refractivity (Wildman–Crippen MR) is 66.2 cm³/mol. The van der Waals surface area contributed by atoms with E-state index in [0.29, 0.717) is 5.92 Å². The maximum Gasteiger partial charge on any atom is 0.328 e. The maximum atomic E-state index is 11.6. The first-order valence-electron chi connectivity index (χ1n) is 6.38. The van der Waals surface area contributed by atoms with Crippen LogP contribution < -0.4 is 10.6 Å². The highest BCUT2D eigenvalue weighted by molar-refractivity contribution is 5.83. The Morgan fingerprint density at radius 3 is 2.22 bits per heavy atom. The molecular formula is C12H22N2O4. The first kappa shape index (κ1) is 14.8. The van der Waals surface area contributed by atoms with Gasteiger partial charge in [-0.05, 0) is 38.5 Å². The van der Waals surface area contributed by atoms with Crippen molar-refractivity contribution >= 4 is 12.0 Å². The molecule has 0 aromatic rings. The Kier molecular flexibility index (Phi) is 5.40. The lowest BCUT2D eigenvalue weighted by Gasteiger charge is -2.27. The lowest BCUT2D eigenvalue weighted by Crippen LogP contribution is -2.53. The number of carbonyl (C=O) groups is 2. The van der Waals surface area contributed by atoms with Gasteiger partial charge < -0.3 is 20.8 Å². The quantitative estimate of drug-likeness (QED) is 0.596. The molecule has 0 heterocycles. The third-order valence-electron chi connectivity index (χ3n) is 3.39. The Balaban J connectivity index is 2.38. The average Bonchev–Trinajstić information content (AvgIpc) is 2.28. The van der Waals surface area contributed by atoms with E-state index in [-0.39, 0.29) is 6.04 Å². The van der Waals surface area contributed by atoms with Crippen LogP contribution in [0.15, 0.2) is 0 Å². The number of hydrogen-bond donors (Lipinski definition) is 4. The van der Waals surface area contributed by atoms with Crippen molar-refractivity contribution in [1.29, 1.82) is 0 Å². The molecule has 1 saturated carbocycles. The second kappa shape index (κ2) is 6.58. The fourth-order valence-electron chi connectivity index (χ4n) is 2.16. The van der Waals surface area contributed by atoms with Crippen LogP contribution in [0.25, 0.3) is 0 Å². The third-order valence-corrected chi connectivity index (χ3v) is 3.39. The smallest absolute Gasteiger partial charge is 0.328 e. The van der Waals surface area contributed by atoms with Crippen molar-refractivity contribution in [2.75, 3.05) is 0 Å². The number of nitrogens with one attached hydrogen (secondary N) is 2. The van der Waals surface area contributed by atoms with Crippen LogP contribution in [0.5, 0.6) is 0 Å². The molecule has 18 heavy (non-hydrogen) atoms. The largest absolute Gasteiger partial charge is 0.480 e. The summed E-state index contributed by atoms with van der Waals surface area (Å²) >= 11 is 0. The van der Waals surface area contributed by atoms with Gasteiger partial charge in [0.1, 0.15) is 0 Å². The van der Waals surface area contributed by atoms with Gasteiger partial charge in [0.25, 0.3) is 0 Å². The molecular weight excluding hydrogens is 236 g/mol. The highest BCUT2D eigenvalue weighted by atomic mass is 16.4. The molecule has 0 saturated heterocycles. The van der Waals surface area contributed by atoms with Crippen LogP contribution in [0, 0.1) is 5.92 Å². The third kappa shape index (κ3) is 4.52. The van der Waals surface area contributed by atoms with Crippen LogP contribution in [0.4, 0.5) is 4.79 Å². The molecule has 2 atom stereocenters. The molecule has 4 N–H and O–H groups in total. The van der Waals surface area contributed by atoms with E-state index in [1.165, 1.54) is 6.92 Å². The molecule has 0 aromatic carbocycles. The summed E-state index contributed by atoms with van der Waals surface area (Å²) < 4.78 is 0. The molecule has 1 rings (SSSR count). The molecule has 2 unspecified atom stereocenters. The minimum absolute atomic E-state index is 0.102. The van der Waals surface area contributed by atoms with E-state index in [9.17, 15) is 14.7 Å². The topological polar surface area (TPSA) is 98.7 Å². The number of aliphatic hydroxyl groups is 1. The van der Waals surface area contributed by atoms with E-state index in [2.05, 4.69) is 17.6 Å². The lowest BCUT2D eigenvalue weighted by molar-refractivity contribution is -0.141. The van der Waals surface area contributed by atoms with Gasteiger partial charge in [0.2, 0.25) is 0 Å². The Morgan fingerprint density at radius 2 is 1.78 bits per heavy atom. The van der Waals surface area contributed by atoms with Crippen LogP contribution >= 0.6 is 0 Å². The molecule has 0 aromatic heterocycles. The Hall–Kier alpha value is -1.30. The summed E-state index contributed by atoms with van der Waals surface area (Å²) in [7, 11) is 0. The number of rotatable bonds is 4. The van der Waals surface area contributed by atoms with Gasteiger partial charge in [0, 0.05) is 6.04 Å². The van der Waals surface area contributed by atoms with Crippen molar-refractivity contribution < 1.29 is 19.8 Å². The number of aliphatic hydroxyl groups excluding tert-OH is 1. The fourth-order valence-corrected chi connectivity index (χ4v) is 2.16. The van der Waals surface area contributed by atoms with Gasteiger partial charge in [0.15, 0.2) is 6.04 Å². The monoisotopic (exact) mass is 258 g/mol. The van der Waals surface area contributed by atoms with E-state index in [1.54, 1.807) is 0 Å². The van der Waals surface area contributed by atoms with Gasteiger partial charge in [-0.1, -0.05) is 6.92 Å². The van der Waals surface area contributed by atoms with Gasteiger partial charge in [0.05, 0.1) is 6.10 Å². The number of urea groups is 1. The van der Waals surface area contributed by atoms with Crippen molar-refractivity contribution in [3.05, 3.63) is 0 Å². The standard InChI is InChI=1S/C12H22N2O4/c1-7-3-5-9(6-4-7)13-12(18)14-10(8(2)15)11(16)17/h7-10,15H,3-6H2,1-2H3,(H,16,17)(H2,13,14,18). The zero-order valence-corrected chi connectivity index (χ0v) is 10.8. The van der Waals surface area contributed by atoms with Crippen molar-refractivity contribution in [2.24, 2.45) is 5.92 Å². The van der Waals surface area contributed by atoms with Gasteiger partial charge >= 0.3 is 12.0 Å². The SMILES string of the molecule is CC1CCC(NC(=O)NC(C(=O)O)C(C)O)CC1. The second-order valence-corrected chi connectivity index (χ2v) is 5.13. The minimum Gasteiger partial charge on any atom is -0.480 e. The van der Waals surface area contributed by atoms with Gasteiger partial charge in [-0.3, -0.25) is 0 Å². The van der Waals surface area contributed by atoms with Crippen molar-refractivity contribution in [1.82, 2.24) is 10.6 Å². The molecule has 0 bridgehead atoms. The Labute approximate surface area is 107 Å². The van der Waals surface area contributed by atoms with Crippen LogP contribution in [0.2, 0.25) is 0 Å². The number of amides is 2. The van der Waals surface area contributed by atoms with Gasteiger partial charge in [-0.2, -0.15) is 0 Å². The maximum absolute atomic E-state index is 11.6. The Bertz CT molecular complexity index is 298. The summed E-state index contributed by atoms with van der Waals surface area (Å²) in [4.78, 5) is 22.4. The Morgan fingerprint density at radius 1 is 1.22 bits per heavy atom. The summed E-state index contributed by atoms with van der Waals surface area (Å²) in [6.07, 6.45) is 2.86. The molecule has 0 radical (unpaired) electrons. The number of carboxylic acid groups (broad SMARTS) is 1. The van der Waals surface area contributed by atoms with E-state index < -0.39 is 24.1 Å². The van der Waals surface area contributed by atoms with E-state index >= 15 is 0 Å². The lowest BCUT2D eigenvalue weighted by atomic mass is 9.87. The van der Waals surface area contributed by atoms with E-state index in [1.807, 2.05) is 0 Å². The molecule has 0 aliphatic heterocycles. The van der Waals surface area contributed by atoms with Crippen LogP contribution in [0.1, 0.15) is 39.5 Å². The average molecular weight is 258 g/mol. The van der Waals surface area contributed by atoms with Gasteiger partial charge in [-0.15, -0.1) is 0 Å². The van der Waals surface area contributed by atoms with Gasteiger partial charge in [-0.25, -0.2) is 9.59 Å². The molecule has 1 aliphatic carbocycles. The van der Waals surface area contributed by atoms with E-state index in [0.717, 1.165) is 25.7 Å². The van der Waals surface area contributed by atoms with Crippen molar-refractivity contribution in [3.8, 4) is 0 Å². The summed E-state index contributed by atoms with van der Waals surface area (Å²) in [5.41, 5.74) is 0. The molecule has 1 fully saturated rings. The minimum atomic E-state index is -1.27. The van der Waals surface area contributed by atoms with Crippen LogP contribution in [0.3, 0.4) is 0 Å². The summed E-state index contributed by atoms with van der Waals surface area (Å²) in [5.74, 6) is -0.548. The summed E-state index contributed by atoms with van der Waals surface area (Å²) in [6, 6.07) is -1.69. The fraction of sp³-hybridized carbons (Fsp3) is 0.833. The zero-order valence-electron chi connectivity index (χ0n) is 10.8. The van der Waals surface area contributed by atoms with Crippen LogP contribution in [-0.4, -0.2) is 40.4 Å². The highest BCUT2D eigenvalue weighted by Crippen LogP contribution is 2.23. The summed E-state index contributed by atoms with van der Waals surface area (Å²) in [6.45, 7) is 3.52. The number of carboxylic acids is 1. The highest BCUT2D eigenvalue weighted by Gasteiger charge is 2.26. The zero-order chi connectivity index (χ0) is 13.7. The van der Waals surface area contributed by atoms with Crippen LogP contribution in [-0.2, 0) is 4.79 Å². The van der Waals surface area contributed by atoms with Crippen molar-refractivity contribution in [3.63, 3.8) is 0 Å². The predicted octanol–water partition coefficient (Wildman–Crippen LogP) is 0.698. The molecule has 6 heteroatoms. The number of carbonyl (C=O) groups excluding carboxylic acids is 1. The first-order chi connectivity index (χ1) is 8.40. The normalized spacial score (nSPS) is 27.1. The second-order valence-electron chi connectivity index (χ2n) is 5.13. The summed E-state index contributed by atoms with van der Waals surface area (Å²) in [5, 5.41) is 23.1. The first-order valence-corrected chi connectivity index (χ1v) is 6.38. The molecule has 2 amide bonds. The van der Waals surface area contributed by atoms with E-state index in [4.69, 9.17) is 5.11 Å².